The maximum atomic E-state index is 14.9. The molecule has 0 aliphatic rings. The Balaban J connectivity index is 0.000000268. The van der Waals surface area contributed by atoms with Crippen LogP contribution in [0.2, 0.25) is 5.02 Å². The van der Waals surface area contributed by atoms with Gasteiger partial charge in [0.05, 0.1) is 34.2 Å². The van der Waals surface area contributed by atoms with Crippen LogP contribution in [0.3, 0.4) is 0 Å². The largest absolute Gasteiger partial charge is 0.490 e. The van der Waals surface area contributed by atoms with E-state index in [2.05, 4.69) is 26.7 Å². The van der Waals surface area contributed by atoms with E-state index in [1.165, 1.54) is 25.1 Å². The van der Waals surface area contributed by atoms with Gasteiger partial charge in [-0.1, -0.05) is 41.9 Å². The van der Waals surface area contributed by atoms with Gasteiger partial charge in [-0.25, -0.2) is 14.4 Å². The van der Waals surface area contributed by atoms with E-state index in [9.17, 15) is 39.4 Å². The minimum atomic E-state index is -1.04. The Hall–Kier alpha value is -6.90. The van der Waals surface area contributed by atoms with Crippen LogP contribution in [0.1, 0.15) is 122 Å². The first-order valence-corrected chi connectivity index (χ1v) is 24.2. The van der Waals surface area contributed by atoms with Gasteiger partial charge in [-0.05, 0) is 134 Å². The number of halogens is 2. The highest BCUT2D eigenvalue weighted by Gasteiger charge is 2.24. The summed E-state index contributed by atoms with van der Waals surface area (Å²) in [7, 11) is 1.68. The van der Waals surface area contributed by atoms with Crippen LogP contribution in [0.5, 0.6) is 11.5 Å². The molecule has 0 saturated carbocycles. The number of nitrogens with zero attached hydrogens (tertiary/aromatic N) is 5. The minimum Gasteiger partial charge on any atom is -0.490 e. The monoisotopic (exact) mass is 1010 g/mol. The van der Waals surface area contributed by atoms with E-state index in [1.54, 1.807) is 68.1 Å². The van der Waals surface area contributed by atoms with E-state index < -0.39 is 17.5 Å². The topological polar surface area (TPSA) is 214 Å². The number of aliphatic hydroxyl groups excluding tert-OH is 2. The molecule has 2 amide bonds. The van der Waals surface area contributed by atoms with Gasteiger partial charge >= 0.3 is 0 Å². The number of ether oxygens (including phenoxy) is 2. The third-order valence-corrected chi connectivity index (χ3v) is 11.6. The van der Waals surface area contributed by atoms with Crippen LogP contribution < -0.4 is 20.1 Å². The van der Waals surface area contributed by atoms with Crippen molar-refractivity contribution in [3.05, 3.63) is 142 Å². The van der Waals surface area contributed by atoms with Crippen LogP contribution in [0, 0.1) is 17.1 Å². The second kappa shape index (κ2) is 25.5. The fraction of sp³-hybridized carbons (Fsp3) is 0.382. The minimum absolute atomic E-state index is 0.0539. The number of imidazole rings is 2. The van der Waals surface area contributed by atoms with Crippen LogP contribution in [0.15, 0.2) is 91.3 Å². The maximum Gasteiger partial charge on any atom is 0.251 e. The molecule has 4 aromatic carbocycles. The second-order valence-electron chi connectivity index (χ2n) is 18.5. The predicted molar refractivity (Wildman–Crippen MR) is 275 cm³/mol. The van der Waals surface area contributed by atoms with E-state index in [1.807, 2.05) is 69.6 Å². The molecule has 382 valence electrons. The molecule has 2 aromatic heterocycles. The van der Waals surface area contributed by atoms with Crippen LogP contribution in [-0.4, -0.2) is 89.5 Å². The molecule has 2 heterocycles. The summed E-state index contributed by atoms with van der Waals surface area (Å²) >= 11 is 6.24. The molecule has 15 nitrogen and oxygen atoms in total. The lowest BCUT2D eigenvalue weighted by Crippen LogP contribution is -2.37. The number of nitriles is 1. The Morgan fingerprint density at radius 2 is 1.35 bits per heavy atom. The number of aromatic nitrogens is 4. The van der Waals surface area contributed by atoms with Crippen LogP contribution in [0.4, 0.5) is 4.39 Å². The number of hydrogen-bond acceptors (Lipinski definition) is 11. The summed E-state index contributed by atoms with van der Waals surface area (Å²) in [6.45, 7) is 14.9. The standard InChI is InChI=1S/C29H36N4O4.C26H29ClFN3O4/c1-6-33-18-25(32-28(33)29(4,5)36)21-9-7-20(8-10-21)15-24(13-14-34)31-27(35)22-11-12-26(37-19(2)3)23(16-22)17-30;1-15(2)35-24-8-6-18(13-21(24)27)26(34)29-19(9-10-32)11-17-5-7-20(22(28)12-17)23-14-31(4)25(30-23)16(3)33/h7-12,16,18-19,24,34,36H,6,13-15H2,1-5H3,(H,31,35);5-8,12-15,19,32H,9-11H2,1-4H3,(H,29,34). The molecule has 6 aromatic rings. The molecule has 5 N–H and O–H groups in total. The molecule has 0 radical (unpaired) electrons. The Morgan fingerprint density at radius 1 is 0.792 bits per heavy atom. The summed E-state index contributed by atoms with van der Waals surface area (Å²) < 4.78 is 29.7. The third-order valence-electron chi connectivity index (χ3n) is 11.3. The quantitative estimate of drug-likeness (QED) is 0.0430. The Labute approximate surface area is 425 Å². The molecule has 6 rings (SSSR count). The molecule has 0 aliphatic heterocycles. The van der Waals surface area contributed by atoms with E-state index in [0.29, 0.717) is 82.5 Å². The van der Waals surface area contributed by atoms with Gasteiger partial charge in [0, 0.05) is 80.5 Å². The summed E-state index contributed by atoms with van der Waals surface area (Å²) in [5, 5.41) is 45.1. The fourth-order valence-corrected chi connectivity index (χ4v) is 8.11. The lowest BCUT2D eigenvalue weighted by molar-refractivity contribution is 0.0649. The zero-order valence-corrected chi connectivity index (χ0v) is 43.1. The summed E-state index contributed by atoms with van der Waals surface area (Å²) in [4.78, 5) is 46.3. The second-order valence-corrected chi connectivity index (χ2v) is 18.9. The number of benzene rings is 4. The molecular formula is C55H65ClFN7O8. The molecule has 0 fully saturated rings. The SMILES string of the molecule is CC(=O)c1nc(-c2ccc(CC(CCO)NC(=O)c3ccc(OC(C)C)c(Cl)c3)cc2F)cn1C.CCn1cc(-c2ccc(CC(CCO)NC(=O)c3ccc(OC(C)C)c(C#N)c3)cc2)nc1C(C)(C)O. The van der Waals surface area contributed by atoms with Crippen molar-refractivity contribution in [3.8, 4) is 40.1 Å². The number of carbonyl (C=O) groups is 3. The highest BCUT2D eigenvalue weighted by atomic mass is 35.5. The van der Waals surface area contributed by atoms with Crippen molar-refractivity contribution in [1.29, 1.82) is 5.26 Å². The first-order chi connectivity index (χ1) is 34.1. The van der Waals surface area contributed by atoms with E-state index >= 15 is 0 Å². The fourth-order valence-electron chi connectivity index (χ4n) is 7.89. The number of aliphatic hydroxyl groups is 3. The van der Waals surface area contributed by atoms with Crippen molar-refractivity contribution in [3.63, 3.8) is 0 Å². The molecule has 0 spiro atoms. The molecule has 72 heavy (non-hydrogen) atoms. The highest BCUT2D eigenvalue weighted by molar-refractivity contribution is 6.32. The number of aryl methyl sites for hydroxylation is 2. The van der Waals surface area contributed by atoms with Crippen molar-refractivity contribution < 1.29 is 43.6 Å². The average Bonchev–Trinajstić information content (AvgIpc) is 3.95. The summed E-state index contributed by atoms with van der Waals surface area (Å²) in [5.74, 6) is 0.430. The summed E-state index contributed by atoms with van der Waals surface area (Å²) in [5.41, 5.74) is 3.97. The van der Waals surface area contributed by atoms with E-state index in [-0.39, 0.29) is 60.4 Å². The Bertz CT molecular complexity index is 2860. The van der Waals surface area contributed by atoms with Gasteiger partial charge in [-0.2, -0.15) is 5.26 Å². The lowest BCUT2D eigenvalue weighted by atomic mass is 10.0. The number of amides is 2. The first-order valence-electron chi connectivity index (χ1n) is 23.9. The Kier molecular flexibility index (Phi) is 19.8. The molecule has 0 bridgehead atoms. The highest BCUT2D eigenvalue weighted by Crippen LogP contribution is 2.29. The van der Waals surface area contributed by atoms with Crippen LogP contribution >= 0.6 is 11.6 Å². The number of nitrogens with one attached hydrogen (secondary N) is 2. The number of hydrogen-bond donors (Lipinski definition) is 5. The Morgan fingerprint density at radius 3 is 1.83 bits per heavy atom. The van der Waals surface area contributed by atoms with Gasteiger partial charge in [0.25, 0.3) is 11.8 Å². The number of carbonyl (C=O) groups excluding carboxylic acids is 3. The van der Waals surface area contributed by atoms with Gasteiger partial charge in [0.15, 0.2) is 11.6 Å². The molecule has 2 atom stereocenters. The molecule has 0 saturated heterocycles. The lowest BCUT2D eigenvalue weighted by Gasteiger charge is -2.19. The average molecular weight is 1010 g/mol. The van der Waals surface area contributed by atoms with Gasteiger partial charge in [-0.3, -0.25) is 14.4 Å². The van der Waals surface area contributed by atoms with Crippen LogP contribution in [-0.2, 0) is 32.0 Å². The van der Waals surface area contributed by atoms with Crippen molar-refractivity contribution in [2.75, 3.05) is 13.2 Å². The molecule has 0 aliphatic carbocycles. The predicted octanol–water partition coefficient (Wildman–Crippen LogP) is 8.77. The zero-order valence-electron chi connectivity index (χ0n) is 42.3. The van der Waals surface area contributed by atoms with Crippen molar-refractivity contribution >= 4 is 29.2 Å². The molecule has 17 heteroatoms. The molecular weight excluding hydrogens is 941 g/mol. The third kappa shape index (κ3) is 15.3. The van der Waals surface area contributed by atoms with Crippen molar-refractivity contribution in [2.45, 2.75) is 118 Å². The first kappa shape index (κ1) is 56.0. The van der Waals surface area contributed by atoms with Crippen molar-refractivity contribution in [2.24, 2.45) is 7.05 Å². The molecule has 2 unspecified atom stereocenters. The number of rotatable bonds is 21. The van der Waals surface area contributed by atoms with Gasteiger partial charge in [0.1, 0.15) is 34.8 Å². The number of Topliss-reactive ketones (excluding diaryl/α,β-unsaturated/α-hetero) is 1. The summed E-state index contributed by atoms with van der Waals surface area (Å²) in [6, 6.07) is 23.6. The van der Waals surface area contributed by atoms with Crippen LogP contribution in [0.25, 0.3) is 22.5 Å². The van der Waals surface area contributed by atoms with Crippen molar-refractivity contribution in [1.82, 2.24) is 29.7 Å². The van der Waals surface area contributed by atoms with Gasteiger partial charge in [0.2, 0.25) is 0 Å². The smallest absolute Gasteiger partial charge is 0.251 e. The van der Waals surface area contributed by atoms with Gasteiger partial charge < -0.3 is 44.6 Å². The normalized spacial score (nSPS) is 12.2. The zero-order chi connectivity index (χ0) is 52.9. The van der Waals surface area contributed by atoms with Gasteiger partial charge in [-0.15, -0.1) is 0 Å². The van der Waals surface area contributed by atoms with E-state index in [4.69, 9.17) is 21.1 Å². The summed E-state index contributed by atoms with van der Waals surface area (Å²) in [6.07, 6.45) is 4.93. The maximum absolute atomic E-state index is 14.9. The van der Waals surface area contributed by atoms with E-state index in [0.717, 1.165) is 16.8 Å². The number of ketones is 1.